The molecule has 12 heteroatoms. The fraction of sp³-hybridized carbons (Fsp3) is 0.348. The van der Waals surface area contributed by atoms with Gasteiger partial charge in [0.25, 0.3) is 11.8 Å². The van der Waals surface area contributed by atoms with E-state index >= 15 is 0 Å². The zero-order valence-corrected chi connectivity index (χ0v) is 20.0. The fourth-order valence-corrected chi connectivity index (χ4v) is 3.71. The Morgan fingerprint density at radius 1 is 0.943 bits per heavy atom. The molecular weight excluding hydrogens is 509 g/mol. The molecule has 0 saturated heterocycles. The third-order valence-corrected chi connectivity index (χ3v) is 5.85. The minimum atomic E-state index is -0.848. The van der Waals surface area contributed by atoms with Crippen molar-refractivity contribution in [1.82, 2.24) is 10.6 Å². The van der Waals surface area contributed by atoms with Gasteiger partial charge in [-0.1, -0.05) is 23.2 Å². The van der Waals surface area contributed by atoms with Crippen LogP contribution in [0.15, 0.2) is 36.4 Å². The number of Topliss-reactive ketones (excluding diaryl/α,β-unsaturated/α-hetero) is 1. The molecule has 2 unspecified atom stereocenters. The van der Waals surface area contributed by atoms with Crippen LogP contribution in [-0.2, 0) is 19.1 Å². The minimum Gasteiger partial charge on any atom is -0.484 e. The summed E-state index contributed by atoms with van der Waals surface area (Å²) in [6, 6.07) is 6.03. The molecule has 0 aliphatic heterocycles. The molecule has 0 spiro atoms. The van der Waals surface area contributed by atoms with Crippen molar-refractivity contribution in [1.29, 1.82) is 0 Å². The van der Waals surface area contributed by atoms with Gasteiger partial charge in [-0.25, -0.2) is 8.78 Å². The van der Waals surface area contributed by atoms with Gasteiger partial charge < -0.3 is 24.8 Å². The van der Waals surface area contributed by atoms with Crippen molar-refractivity contribution in [2.75, 3.05) is 20.3 Å². The van der Waals surface area contributed by atoms with Crippen LogP contribution >= 0.6 is 23.2 Å². The smallest absolute Gasteiger partial charge is 0.258 e. The molecule has 0 heterocycles. The van der Waals surface area contributed by atoms with Crippen molar-refractivity contribution in [3.63, 3.8) is 0 Å². The van der Waals surface area contributed by atoms with Gasteiger partial charge in [-0.3, -0.25) is 14.4 Å². The molecule has 1 aliphatic carbocycles. The summed E-state index contributed by atoms with van der Waals surface area (Å²) in [5, 5.41) is 5.08. The number of hydrogen-bond acceptors (Lipinski definition) is 6. The molecule has 0 radical (unpaired) electrons. The molecule has 3 rings (SSSR count). The summed E-state index contributed by atoms with van der Waals surface area (Å²) in [5.74, 6) is -2.56. The second-order valence-corrected chi connectivity index (χ2v) is 8.52. The zero-order chi connectivity index (χ0) is 25.5. The highest BCUT2D eigenvalue weighted by molar-refractivity contribution is 6.31. The summed E-state index contributed by atoms with van der Waals surface area (Å²) in [5.41, 5.74) is 0. The number of rotatable bonds is 9. The van der Waals surface area contributed by atoms with E-state index in [0.717, 1.165) is 12.1 Å². The standard InChI is InChI=1S/C23H22Cl2F2N2O6/c1-33-21-9-18(28-22(31)10-34-12-2-4-14(24)16(26)6-12)20(30)8-19(21)29-23(32)11-35-13-3-5-15(25)17(27)7-13/h2-7,18-19,21H,8-11H2,1H3,(H,28,31)(H,29,32)/t18?,19?,21-/m0/s1. The van der Waals surface area contributed by atoms with Crippen LogP contribution in [-0.4, -0.2) is 56.1 Å². The van der Waals surface area contributed by atoms with E-state index in [1.54, 1.807) is 0 Å². The van der Waals surface area contributed by atoms with Crippen LogP contribution < -0.4 is 20.1 Å². The van der Waals surface area contributed by atoms with Crippen molar-refractivity contribution in [2.24, 2.45) is 0 Å². The molecular formula is C23H22Cl2F2N2O6. The summed E-state index contributed by atoms with van der Waals surface area (Å²) >= 11 is 11.2. The summed E-state index contributed by atoms with van der Waals surface area (Å²) in [6.45, 7) is -0.851. The number of hydrogen-bond donors (Lipinski definition) is 2. The molecule has 1 aliphatic rings. The van der Waals surface area contributed by atoms with Gasteiger partial charge in [0.1, 0.15) is 23.1 Å². The van der Waals surface area contributed by atoms with Crippen LogP contribution in [0, 0.1) is 11.6 Å². The van der Waals surface area contributed by atoms with Crippen molar-refractivity contribution >= 4 is 40.8 Å². The lowest BCUT2D eigenvalue weighted by Gasteiger charge is -2.35. The maximum absolute atomic E-state index is 13.5. The zero-order valence-electron chi connectivity index (χ0n) is 18.5. The lowest BCUT2D eigenvalue weighted by molar-refractivity contribution is -0.134. The highest BCUT2D eigenvalue weighted by Crippen LogP contribution is 2.22. The lowest BCUT2D eigenvalue weighted by atomic mass is 9.87. The van der Waals surface area contributed by atoms with Crippen LogP contribution in [0.3, 0.4) is 0 Å². The number of halogens is 4. The molecule has 1 saturated carbocycles. The Kier molecular flexibility index (Phi) is 9.25. The summed E-state index contributed by atoms with van der Waals surface area (Å²) < 4.78 is 42.8. The van der Waals surface area contributed by atoms with E-state index in [4.69, 9.17) is 37.4 Å². The molecule has 3 atom stereocenters. The molecule has 1 fully saturated rings. The Balaban J connectivity index is 1.48. The molecule has 2 amide bonds. The largest absolute Gasteiger partial charge is 0.484 e. The highest BCUT2D eigenvalue weighted by Gasteiger charge is 2.37. The van der Waals surface area contributed by atoms with Gasteiger partial charge in [-0.2, -0.15) is 0 Å². The monoisotopic (exact) mass is 530 g/mol. The summed E-state index contributed by atoms with van der Waals surface area (Å²) in [4.78, 5) is 37.1. The van der Waals surface area contributed by atoms with Gasteiger partial charge in [0.05, 0.1) is 28.2 Å². The summed E-state index contributed by atoms with van der Waals surface area (Å²) in [6.07, 6.45) is -0.542. The first-order valence-electron chi connectivity index (χ1n) is 10.5. The first kappa shape index (κ1) is 26.7. The average molecular weight is 531 g/mol. The normalized spacial score (nSPS) is 19.7. The number of amides is 2. The SMILES string of the molecule is CO[C@H]1CC(NC(=O)COc2ccc(Cl)c(F)c2)C(=O)CC1NC(=O)COc1ccc(Cl)c(F)c1. The molecule has 188 valence electrons. The Hall–Kier alpha value is -2.95. The van der Waals surface area contributed by atoms with Gasteiger partial charge in [0.15, 0.2) is 19.0 Å². The molecule has 8 nitrogen and oxygen atoms in total. The quantitative estimate of drug-likeness (QED) is 0.516. The third-order valence-electron chi connectivity index (χ3n) is 5.23. The number of ketones is 1. The van der Waals surface area contributed by atoms with Crippen LogP contribution in [0.4, 0.5) is 8.78 Å². The predicted octanol–water partition coefficient (Wildman–Crippen LogP) is 3.08. The number of benzene rings is 2. The highest BCUT2D eigenvalue weighted by atomic mass is 35.5. The fourth-order valence-electron chi connectivity index (χ4n) is 3.48. The molecule has 0 aromatic heterocycles. The van der Waals surface area contributed by atoms with Gasteiger partial charge >= 0.3 is 0 Å². The second-order valence-electron chi connectivity index (χ2n) is 7.70. The maximum atomic E-state index is 13.5. The van der Waals surface area contributed by atoms with Crippen molar-refractivity contribution in [3.8, 4) is 11.5 Å². The molecule has 2 N–H and O–H groups in total. The minimum absolute atomic E-state index is 0.0717. The third kappa shape index (κ3) is 7.51. The topological polar surface area (TPSA) is 103 Å². The molecule has 2 aromatic rings. The number of carbonyl (C=O) groups excluding carboxylic acids is 3. The number of carbonyl (C=O) groups is 3. The summed E-state index contributed by atoms with van der Waals surface area (Å²) in [7, 11) is 1.42. The van der Waals surface area contributed by atoms with Gasteiger partial charge in [-0.05, 0) is 24.3 Å². The maximum Gasteiger partial charge on any atom is 0.258 e. The average Bonchev–Trinajstić information content (AvgIpc) is 2.82. The van der Waals surface area contributed by atoms with Crippen LogP contribution in [0.2, 0.25) is 10.0 Å². The van der Waals surface area contributed by atoms with Crippen LogP contribution in [0.25, 0.3) is 0 Å². The van der Waals surface area contributed by atoms with Gasteiger partial charge in [-0.15, -0.1) is 0 Å². The van der Waals surface area contributed by atoms with Crippen LogP contribution in [0.5, 0.6) is 11.5 Å². The Labute approximate surface area is 209 Å². The van der Waals surface area contributed by atoms with Crippen molar-refractivity contribution in [3.05, 3.63) is 58.1 Å². The van der Waals surface area contributed by atoms with E-state index in [-0.39, 0.29) is 40.2 Å². The lowest BCUT2D eigenvalue weighted by Crippen LogP contribution is -2.57. The van der Waals surface area contributed by atoms with E-state index in [2.05, 4.69) is 10.6 Å². The predicted molar refractivity (Wildman–Crippen MR) is 123 cm³/mol. The van der Waals surface area contributed by atoms with Gasteiger partial charge in [0.2, 0.25) is 0 Å². The Morgan fingerprint density at radius 3 is 1.94 bits per heavy atom. The molecule has 0 bridgehead atoms. The first-order valence-corrected chi connectivity index (χ1v) is 11.2. The number of ether oxygens (including phenoxy) is 3. The van der Waals surface area contributed by atoms with E-state index in [1.165, 1.54) is 31.4 Å². The first-order chi connectivity index (χ1) is 16.7. The van der Waals surface area contributed by atoms with E-state index in [0.29, 0.717) is 0 Å². The van der Waals surface area contributed by atoms with Crippen LogP contribution in [0.1, 0.15) is 12.8 Å². The van der Waals surface area contributed by atoms with Gasteiger partial charge in [0, 0.05) is 32.1 Å². The van der Waals surface area contributed by atoms with E-state index < -0.39 is 54.9 Å². The van der Waals surface area contributed by atoms with E-state index in [9.17, 15) is 23.2 Å². The van der Waals surface area contributed by atoms with Crippen molar-refractivity contribution < 1.29 is 37.4 Å². The Bertz CT molecular complexity index is 1100. The Morgan fingerprint density at radius 2 is 1.46 bits per heavy atom. The molecule has 35 heavy (non-hydrogen) atoms. The van der Waals surface area contributed by atoms with Crippen molar-refractivity contribution in [2.45, 2.75) is 31.0 Å². The second kappa shape index (κ2) is 12.1. The number of nitrogens with one attached hydrogen (secondary N) is 2. The molecule has 2 aromatic carbocycles. The number of methoxy groups -OCH3 is 1. The van der Waals surface area contributed by atoms with E-state index in [1.807, 2.05) is 0 Å².